The summed E-state index contributed by atoms with van der Waals surface area (Å²) in [5.41, 5.74) is 0.447. The van der Waals surface area contributed by atoms with Gasteiger partial charge < -0.3 is 4.90 Å². The summed E-state index contributed by atoms with van der Waals surface area (Å²) in [6, 6.07) is 0.470. The van der Waals surface area contributed by atoms with E-state index in [1.165, 1.54) is 0 Å². The lowest BCUT2D eigenvalue weighted by Crippen LogP contribution is -2.61. The maximum absolute atomic E-state index is 11.7. The molecule has 0 aromatic rings. The van der Waals surface area contributed by atoms with E-state index in [-0.39, 0.29) is 11.0 Å². The molecule has 0 saturated carbocycles. The molecule has 0 radical (unpaired) electrons. The summed E-state index contributed by atoms with van der Waals surface area (Å²) in [4.78, 5) is 16.3. The maximum Gasteiger partial charge on any atom is 0.222 e. The molecular formula is C14H26N2O. The van der Waals surface area contributed by atoms with E-state index < -0.39 is 0 Å². The van der Waals surface area contributed by atoms with Gasteiger partial charge in [0.15, 0.2) is 0 Å². The second kappa shape index (κ2) is 3.98. The maximum atomic E-state index is 11.7. The van der Waals surface area contributed by atoms with Crippen LogP contribution in [0.15, 0.2) is 0 Å². The Hall–Kier alpha value is -0.570. The molecule has 0 spiro atoms. The van der Waals surface area contributed by atoms with Crippen LogP contribution in [0.4, 0.5) is 0 Å². The summed E-state index contributed by atoms with van der Waals surface area (Å²) < 4.78 is 0. The molecule has 3 heteroatoms. The second-order valence-corrected chi connectivity index (χ2v) is 7.03. The number of fused-ring (bicyclic) bond motifs is 1. The normalized spacial score (nSPS) is 27.5. The molecule has 0 aromatic carbocycles. The van der Waals surface area contributed by atoms with Gasteiger partial charge >= 0.3 is 0 Å². The first-order valence-electron chi connectivity index (χ1n) is 6.78. The Morgan fingerprint density at radius 1 is 1.12 bits per heavy atom. The first kappa shape index (κ1) is 12.9. The van der Waals surface area contributed by atoms with E-state index in [1.54, 1.807) is 0 Å². The van der Waals surface area contributed by atoms with Crippen LogP contribution < -0.4 is 0 Å². The molecule has 98 valence electrons. The van der Waals surface area contributed by atoms with Crippen molar-refractivity contribution in [2.75, 3.05) is 19.6 Å². The molecule has 2 rings (SSSR count). The Labute approximate surface area is 105 Å². The Kier molecular flexibility index (Phi) is 3.01. The van der Waals surface area contributed by atoms with Crippen molar-refractivity contribution in [3.8, 4) is 0 Å². The summed E-state index contributed by atoms with van der Waals surface area (Å²) in [5, 5.41) is 0. The molecule has 2 fully saturated rings. The van der Waals surface area contributed by atoms with Crippen LogP contribution in [-0.2, 0) is 4.79 Å². The summed E-state index contributed by atoms with van der Waals surface area (Å²) in [7, 11) is 0. The Morgan fingerprint density at radius 3 is 2.35 bits per heavy atom. The van der Waals surface area contributed by atoms with E-state index in [1.807, 2.05) is 0 Å². The van der Waals surface area contributed by atoms with Gasteiger partial charge in [-0.1, -0.05) is 20.8 Å². The lowest BCUT2D eigenvalue weighted by molar-refractivity contribution is -0.132. The topological polar surface area (TPSA) is 23.6 Å². The monoisotopic (exact) mass is 238 g/mol. The highest BCUT2D eigenvalue weighted by molar-refractivity contribution is 5.78. The number of carbonyl (C=O) groups excluding carboxylic acids is 1. The van der Waals surface area contributed by atoms with Crippen molar-refractivity contribution in [3.05, 3.63) is 0 Å². The van der Waals surface area contributed by atoms with Crippen molar-refractivity contribution in [1.82, 2.24) is 9.80 Å². The molecule has 0 unspecified atom stereocenters. The zero-order chi connectivity index (χ0) is 12.8. The third-order valence-corrected chi connectivity index (χ3v) is 5.12. The second-order valence-electron chi connectivity index (χ2n) is 7.03. The molecule has 2 saturated heterocycles. The van der Waals surface area contributed by atoms with Crippen molar-refractivity contribution in [2.24, 2.45) is 5.41 Å². The molecule has 0 bridgehead atoms. The molecule has 2 aliphatic heterocycles. The van der Waals surface area contributed by atoms with Crippen LogP contribution in [0.25, 0.3) is 0 Å². The van der Waals surface area contributed by atoms with E-state index in [9.17, 15) is 4.79 Å². The third-order valence-electron chi connectivity index (χ3n) is 5.12. The lowest BCUT2D eigenvalue weighted by atomic mass is 9.74. The molecule has 3 nitrogen and oxygen atoms in total. The van der Waals surface area contributed by atoms with Gasteiger partial charge in [-0.15, -0.1) is 0 Å². The van der Waals surface area contributed by atoms with Gasteiger partial charge in [0.1, 0.15) is 0 Å². The van der Waals surface area contributed by atoms with Crippen LogP contribution in [0.2, 0.25) is 0 Å². The van der Waals surface area contributed by atoms with Gasteiger partial charge in [0.25, 0.3) is 0 Å². The van der Waals surface area contributed by atoms with E-state index in [2.05, 4.69) is 44.4 Å². The van der Waals surface area contributed by atoms with Gasteiger partial charge in [-0.05, 0) is 25.7 Å². The van der Waals surface area contributed by atoms with Gasteiger partial charge in [-0.3, -0.25) is 9.69 Å². The predicted octanol–water partition coefficient (Wildman–Crippen LogP) is 2.12. The van der Waals surface area contributed by atoms with E-state index in [0.717, 1.165) is 32.5 Å². The largest absolute Gasteiger partial charge is 0.337 e. The number of rotatable bonds is 1. The first-order chi connectivity index (χ1) is 7.73. The molecule has 17 heavy (non-hydrogen) atoms. The molecule has 0 N–H and O–H groups in total. The van der Waals surface area contributed by atoms with Crippen LogP contribution >= 0.6 is 0 Å². The molecule has 2 heterocycles. The zero-order valence-electron chi connectivity index (χ0n) is 11.9. The molecular weight excluding hydrogens is 212 g/mol. The molecule has 1 amide bonds. The number of hydrogen-bond donors (Lipinski definition) is 0. The van der Waals surface area contributed by atoms with Gasteiger partial charge in [-0.25, -0.2) is 0 Å². The number of amides is 1. The number of hydrogen-bond acceptors (Lipinski definition) is 2. The predicted molar refractivity (Wildman–Crippen MR) is 69.8 cm³/mol. The molecule has 0 aliphatic carbocycles. The smallest absolute Gasteiger partial charge is 0.222 e. The van der Waals surface area contributed by atoms with Crippen LogP contribution in [-0.4, -0.2) is 46.9 Å². The minimum atomic E-state index is 0.185. The molecule has 0 aromatic heterocycles. The SMILES string of the molecule is CC(C)(C)C(C)(C)N1CCN2C(=O)CC[C@H]2C1. The molecule has 2 aliphatic rings. The van der Waals surface area contributed by atoms with Crippen molar-refractivity contribution in [3.63, 3.8) is 0 Å². The fourth-order valence-electron chi connectivity index (χ4n) is 2.85. The third kappa shape index (κ3) is 2.10. The van der Waals surface area contributed by atoms with Crippen LogP contribution in [0, 0.1) is 5.41 Å². The van der Waals surface area contributed by atoms with Crippen molar-refractivity contribution in [2.45, 2.75) is 59.0 Å². The van der Waals surface area contributed by atoms with E-state index in [0.29, 0.717) is 11.9 Å². The van der Waals surface area contributed by atoms with Crippen LogP contribution in [0.5, 0.6) is 0 Å². The number of nitrogens with zero attached hydrogens (tertiary/aromatic N) is 2. The van der Waals surface area contributed by atoms with Gasteiger partial charge in [0.05, 0.1) is 0 Å². The average Bonchev–Trinajstić information content (AvgIpc) is 2.58. The van der Waals surface area contributed by atoms with Crippen LogP contribution in [0.1, 0.15) is 47.5 Å². The van der Waals surface area contributed by atoms with Crippen LogP contribution in [0.3, 0.4) is 0 Å². The fourth-order valence-corrected chi connectivity index (χ4v) is 2.85. The van der Waals surface area contributed by atoms with Gasteiger partial charge in [-0.2, -0.15) is 0 Å². The summed E-state index contributed by atoms with van der Waals surface area (Å²) in [6.07, 6.45) is 1.81. The highest BCUT2D eigenvalue weighted by Gasteiger charge is 2.44. The van der Waals surface area contributed by atoms with Gasteiger partial charge in [0.2, 0.25) is 5.91 Å². The van der Waals surface area contributed by atoms with E-state index in [4.69, 9.17) is 0 Å². The summed E-state index contributed by atoms with van der Waals surface area (Å²) in [6.45, 7) is 14.6. The van der Waals surface area contributed by atoms with Crippen molar-refractivity contribution < 1.29 is 4.79 Å². The Bertz CT molecular complexity index is 317. The Morgan fingerprint density at radius 2 is 1.76 bits per heavy atom. The van der Waals surface area contributed by atoms with Crippen molar-refractivity contribution in [1.29, 1.82) is 0 Å². The van der Waals surface area contributed by atoms with Gasteiger partial charge in [0, 0.05) is 37.6 Å². The Balaban J connectivity index is 2.09. The summed E-state index contributed by atoms with van der Waals surface area (Å²) in [5.74, 6) is 0.364. The lowest BCUT2D eigenvalue weighted by Gasteiger charge is -2.52. The molecule has 1 atom stereocenters. The first-order valence-corrected chi connectivity index (χ1v) is 6.78. The minimum Gasteiger partial charge on any atom is -0.337 e. The fraction of sp³-hybridized carbons (Fsp3) is 0.929. The summed E-state index contributed by atoms with van der Waals surface area (Å²) >= 11 is 0. The number of carbonyl (C=O) groups is 1. The highest BCUT2D eigenvalue weighted by Crippen LogP contribution is 2.37. The standard InChI is InChI=1S/C14H26N2O/c1-13(2,3)14(4,5)15-8-9-16-11(10-15)6-7-12(16)17/h11H,6-10H2,1-5H3/t11-/m0/s1. The van der Waals surface area contributed by atoms with E-state index >= 15 is 0 Å². The zero-order valence-corrected chi connectivity index (χ0v) is 11.9. The average molecular weight is 238 g/mol. The quantitative estimate of drug-likeness (QED) is 0.698. The number of piperazine rings is 1. The highest BCUT2D eigenvalue weighted by atomic mass is 16.2. The van der Waals surface area contributed by atoms with Crippen molar-refractivity contribution >= 4 is 5.91 Å². The minimum absolute atomic E-state index is 0.185.